The molecule has 146 valence electrons. The lowest BCUT2D eigenvalue weighted by atomic mass is 10.1. The lowest BCUT2D eigenvalue weighted by molar-refractivity contribution is 0.129. The number of nitrogens with two attached hydrogens (primary N) is 1. The van der Waals surface area contributed by atoms with E-state index < -0.39 is 6.09 Å². The fraction of sp³-hybridized carbons (Fsp3) is 0.389. The summed E-state index contributed by atoms with van der Waals surface area (Å²) in [5, 5.41) is 2.44. The molecule has 0 unspecified atom stereocenters. The first kappa shape index (κ1) is 20.1. The van der Waals surface area contributed by atoms with Gasteiger partial charge >= 0.3 is 6.09 Å². The molecule has 0 saturated heterocycles. The van der Waals surface area contributed by atoms with Gasteiger partial charge in [0.2, 0.25) is 11.7 Å². The Balaban J connectivity index is 2.21. The summed E-state index contributed by atoms with van der Waals surface area (Å²) in [6, 6.07) is 3.65. The lowest BCUT2D eigenvalue weighted by Gasteiger charge is -2.14. The maximum atomic E-state index is 11.6. The van der Waals surface area contributed by atoms with Crippen LogP contribution >= 0.6 is 0 Å². The van der Waals surface area contributed by atoms with Crippen LogP contribution in [0.25, 0.3) is 0 Å². The van der Waals surface area contributed by atoms with Gasteiger partial charge < -0.3 is 24.7 Å². The third kappa shape index (κ3) is 5.13. The Kier molecular flexibility index (Phi) is 6.64. The van der Waals surface area contributed by atoms with Gasteiger partial charge in [0, 0.05) is 18.2 Å². The van der Waals surface area contributed by atoms with Crippen molar-refractivity contribution >= 4 is 17.9 Å². The summed E-state index contributed by atoms with van der Waals surface area (Å²) in [4.78, 5) is 19.8. The van der Waals surface area contributed by atoms with Crippen molar-refractivity contribution in [1.29, 1.82) is 0 Å². The van der Waals surface area contributed by atoms with Gasteiger partial charge in [0.1, 0.15) is 5.82 Å². The van der Waals surface area contributed by atoms with Gasteiger partial charge in [-0.3, -0.25) is 5.32 Å². The third-order valence-corrected chi connectivity index (χ3v) is 3.57. The van der Waals surface area contributed by atoms with E-state index in [1.165, 1.54) is 0 Å². The summed E-state index contributed by atoms with van der Waals surface area (Å²) >= 11 is 0. The summed E-state index contributed by atoms with van der Waals surface area (Å²) in [6.07, 6.45) is 1.11. The van der Waals surface area contributed by atoms with E-state index in [1.807, 2.05) is 12.1 Å². The van der Waals surface area contributed by atoms with Gasteiger partial charge in [0.25, 0.3) is 0 Å². The first-order valence-corrected chi connectivity index (χ1v) is 8.25. The topological polar surface area (TPSA) is 118 Å². The molecule has 0 radical (unpaired) electrons. The maximum Gasteiger partial charge on any atom is 0.414 e. The molecule has 0 aliphatic carbocycles. The molecular weight excluding hydrogens is 352 g/mol. The molecule has 2 aromatic rings. The number of hydrogen-bond donors (Lipinski definition) is 2. The molecule has 9 nitrogen and oxygen atoms in total. The highest BCUT2D eigenvalue weighted by Crippen LogP contribution is 2.38. The molecule has 0 aliphatic heterocycles. The van der Waals surface area contributed by atoms with Crippen molar-refractivity contribution in [3.63, 3.8) is 0 Å². The number of carbonyl (C=O) groups is 1. The average molecular weight is 376 g/mol. The molecule has 2 rings (SSSR count). The van der Waals surface area contributed by atoms with E-state index >= 15 is 0 Å². The standard InChI is InChI=1S/C18H24N4O5/c1-10(2)27-18(23)22-17-20-9-12(16(19)21-17)6-11-7-13(24-3)15(26-5)14(8-11)25-4/h7-10H,6H2,1-5H3,(H3,19,20,21,22,23). The van der Waals surface area contributed by atoms with Crippen molar-refractivity contribution in [2.24, 2.45) is 0 Å². The Morgan fingerprint density at radius 1 is 1.15 bits per heavy atom. The van der Waals surface area contributed by atoms with E-state index in [0.717, 1.165) is 5.56 Å². The molecule has 3 N–H and O–H groups in total. The predicted octanol–water partition coefficient (Wildman–Crippen LogP) is 2.63. The molecule has 0 fully saturated rings. The van der Waals surface area contributed by atoms with Gasteiger partial charge in [-0.15, -0.1) is 0 Å². The average Bonchev–Trinajstić information content (AvgIpc) is 2.62. The lowest BCUT2D eigenvalue weighted by Crippen LogP contribution is -2.20. The van der Waals surface area contributed by atoms with E-state index in [4.69, 9.17) is 24.7 Å². The van der Waals surface area contributed by atoms with Gasteiger partial charge in [-0.2, -0.15) is 4.98 Å². The number of methoxy groups -OCH3 is 3. The molecular formula is C18H24N4O5. The van der Waals surface area contributed by atoms with Gasteiger partial charge in [-0.05, 0) is 31.5 Å². The normalized spacial score (nSPS) is 10.4. The van der Waals surface area contributed by atoms with Crippen LogP contribution in [0.15, 0.2) is 18.3 Å². The molecule has 0 bridgehead atoms. The Hall–Kier alpha value is -3.23. The molecule has 27 heavy (non-hydrogen) atoms. The second-order valence-corrected chi connectivity index (χ2v) is 5.89. The summed E-state index contributed by atoms with van der Waals surface area (Å²) in [5.74, 6) is 1.92. The number of benzene rings is 1. The molecule has 0 spiro atoms. The smallest absolute Gasteiger partial charge is 0.414 e. The van der Waals surface area contributed by atoms with Crippen molar-refractivity contribution in [3.05, 3.63) is 29.5 Å². The SMILES string of the molecule is COc1cc(Cc2cnc(NC(=O)OC(C)C)nc2N)cc(OC)c1OC. The molecule has 1 aromatic carbocycles. The van der Waals surface area contributed by atoms with Gasteiger partial charge in [-0.25, -0.2) is 9.78 Å². The number of nitrogens with one attached hydrogen (secondary N) is 1. The highest BCUT2D eigenvalue weighted by Gasteiger charge is 2.15. The van der Waals surface area contributed by atoms with E-state index in [2.05, 4.69) is 15.3 Å². The number of amides is 1. The fourth-order valence-corrected chi connectivity index (χ4v) is 2.41. The van der Waals surface area contributed by atoms with Gasteiger partial charge in [0.05, 0.1) is 27.4 Å². The van der Waals surface area contributed by atoms with Crippen molar-refractivity contribution in [2.45, 2.75) is 26.4 Å². The van der Waals surface area contributed by atoms with E-state index in [0.29, 0.717) is 29.2 Å². The van der Waals surface area contributed by atoms with Crippen LogP contribution in [0.3, 0.4) is 0 Å². The minimum Gasteiger partial charge on any atom is -0.493 e. The minimum atomic E-state index is -0.637. The first-order valence-electron chi connectivity index (χ1n) is 8.25. The quantitative estimate of drug-likeness (QED) is 0.757. The third-order valence-electron chi connectivity index (χ3n) is 3.57. The Morgan fingerprint density at radius 2 is 1.78 bits per heavy atom. The number of ether oxygens (including phenoxy) is 4. The van der Waals surface area contributed by atoms with Crippen molar-refractivity contribution in [2.75, 3.05) is 32.4 Å². The molecule has 0 aliphatic rings. The number of carbonyl (C=O) groups excluding carboxylic acids is 1. The number of aromatic nitrogens is 2. The van der Waals surface area contributed by atoms with Crippen LogP contribution in [0, 0.1) is 0 Å². The molecule has 1 aromatic heterocycles. The maximum absolute atomic E-state index is 11.6. The van der Waals surface area contributed by atoms with E-state index in [1.54, 1.807) is 41.4 Å². The molecule has 0 saturated carbocycles. The Morgan fingerprint density at radius 3 is 2.26 bits per heavy atom. The first-order chi connectivity index (χ1) is 12.9. The highest BCUT2D eigenvalue weighted by atomic mass is 16.6. The van der Waals surface area contributed by atoms with E-state index in [9.17, 15) is 4.79 Å². The predicted molar refractivity (Wildman–Crippen MR) is 101 cm³/mol. The highest BCUT2D eigenvalue weighted by molar-refractivity contribution is 5.82. The van der Waals surface area contributed by atoms with Crippen LogP contribution < -0.4 is 25.3 Å². The zero-order valence-electron chi connectivity index (χ0n) is 16.0. The zero-order chi connectivity index (χ0) is 20.0. The largest absolute Gasteiger partial charge is 0.493 e. The fourth-order valence-electron chi connectivity index (χ4n) is 2.41. The summed E-state index contributed by atoms with van der Waals surface area (Å²) in [7, 11) is 4.65. The summed E-state index contributed by atoms with van der Waals surface area (Å²) in [5.41, 5.74) is 7.57. The van der Waals surface area contributed by atoms with Crippen molar-refractivity contribution in [1.82, 2.24) is 9.97 Å². The van der Waals surface area contributed by atoms with Crippen LogP contribution in [-0.2, 0) is 11.2 Å². The second kappa shape index (κ2) is 8.93. The minimum absolute atomic E-state index is 0.0757. The second-order valence-electron chi connectivity index (χ2n) is 5.89. The van der Waals surface area contributed by atoms with Gasteiger partial charge in [-0.1, -0.05) is 0 Å². The monoisotopic (exact) mass is 376 g/mol. The van der Waals surface area contributed by atoms with Crippen LogP contribution in [0.1, 0.15) is 25.0 Å². The van der Waals surface area contributed by atoms with Gasteiger partial charge in [0.15, 0.2) is 11.5 Å². The summed E-state index contributed by atoms with van der Waals surface area (Å²) < 4.78 is 21.0. The number of anilines is 2. The van der Waals surface area contributed by atoms with Crippen molar-refractivity contribution < 1.29 is 23.7 Å². The van der Waals surface area contributed by atoms with Crippen LogP contribution in [0.2, 0.25) is 0 Å². The van der Waals surface area contributed by atoms with E-state index in [-0.39, 0.29) is 17.9 Å². The number of hydrogen-bond acceptors (Lipinski definition) is 8. The van der Waals surface area contributed by atoms with Crippen LogP contribution in [0.4, 0.5) is 16.6 Å². The molecule has 0 atom stereocenters. The number of nitrogen functional groups attached to an aromatic ring is 1. The Labute approximate surface area is 157 Å². The molecule has 1 amide bonds. The molecule has 1 heterocycles. The van der Waals surface area contributed by atoms with Crippen molar-refractivity contribution in [3.8, 4) is 17.2 Å². The van der Waals surface area contributed by atoms with Crippen LogP contribution in [-0.4, -0.2) is 43.5 Å². The van der Waals surface area contributed by atoms with Crippen LogP contribution in [0.5, 0.6) is 17.2 Å². The zero-order valence-corrected chi connectivity index (χ0v) is 16.0. The number of rotatable bonds is 7. The molecule has 9 heteroatoms. The summed E-state index contributed by atoms with van der Waals surface area (Å²) in [6.45, 7) is 3.49. The number of nitrogens with zero attached hydrogens (tertiary/aromatic N) is 2. The Bertz CT molecular complexity index is 785.